The maximum atomic E-state index is 12.7. The Kier molecular flexibility index (Phi) is 7.03. The number of para-hydroxylation sites is 3. The third kappa shape index (κ3) is 5.22. The molecule has 0 aliphatic carbocycles. The second-order valence-corrected chi connectivity index (χ2v) is 8.44. The SMILES string of the molecule is CC(C)c1ccccc1OCCCn1c(C(C)NC(=O)c2ccncc2)nc2ccccc21. The number of aromatic nitrogens is 3. The predicted molar refractivity (Wildman–Crippen MR) is 130 cm³/mol. The number of carbonyl (C=O) groups is 1. The van der Waals surface area contributed by atoms with Crippen LogP contribution in [0, 0.1) is 0 Å². The van der Waals surface area contributed by atoms with Crippen LogP contribution >= 0.6 is 0 Å². The van der Waals surface area contributed by atoms with Crippen LogP contribution in [-0.4, -0.2) is 27.0 Å². The van der Waals surface area contributed by atoms with E-state index in [1.165, 1.54) is 5.56 Å². The van der Waals surface area contributed by atoms with Crippen molar-refractivity contribution in [2.24, 2.45) is 0 Å². The van der Waals surface area contributed by atoms with E-state index in [4.69, 9.17) is 9.72 Å². The number of amides is 1. The van der Waals surface area contributed by atoms with Gasteiger partial charge in [0.25, 0.3) is 5.91 Å². The first-order valence-electron chi connectivity index (χ1n) is 11.4. The van der Waals surface area contributed by atoms with Crippen LogP contribution in [0.3, 0.4) is 0 Å². The number of fused-ring (bicyclic) bond motifs is 1. The third-order valence-corrected chi connectivity index (χ3v) is 5.69. The summed E-state index contributed by atoms with van der Waals surface area (Å²) in [5, 5.41) is 3.07. The highest BCUT2D eigenvalue weighted by Gasteiger charge is 2.19. The Morgan fingerprint density at radius 1 is 1.00 bits per heavy atom. The van der Waals surface area contributed by atoms with Crippen LogP contribution in [0.4, 0.5) is 0 Å². The maximum Gasteiger partial charge on any atom is 0.251 e. The van der Waals surface area contributed by atoms with E-state index in [-0.39, 0.29) is 11.9 Å². The standard InChI is InChI=1S/C27H30N4O2/c1-19(2)22-9-4-7-12-25(22)33-18-8-17-31-24-11-6-5-10-23(24)30-26(31)20(3)29-27(32)21-13-15-28-16-14-21/h4-7,9-16,19-20H,8,17-18H2,1-3H3,(H,29,32). The molecule has 1 unspecified atom stereocenters. The normalized spacial score (nSPS) is 12.1. The third-order valence-electron chi connectivity index (χ3n) is 5.69. The van der Waals surface area contributed by atoms with Crippen LogP contribution in [0.15, 0.2) is 73.1 Å². The van der Waals surface area contributed by atoms with Crippen LogP contribution in [0.2, 0.25) is 0 Å². The molecule has 6 heteroatoms. The van der Waals surface area contributed by atoms with Crippen LogP contribution in [0.1, 0.15) is 60.9 Å². The lowest BCUT2D eigenvalue weighted by molar-refractivity contribution is 0.0937. The lowest BCUT2D eigenvalue weighted by Gasteiger charge is -2.17. The Hall–Kier alpha value is -3.67. The summed E-state index contributed by atoms with van der Waals surface area (Å²) in [6, 6.07) is 19.4. The molecule has 1 atom stereocenters. The first-order valence-corrected chi connectivity index (χ1v) is 11.4. The fourth-order valence-corrected chi connectivity index (χ4v) is 4.00. The Labute approximate surface area is 194 Å². The van der Waals surface area contributed by atoms with Gasteiger partial charge in [-0.05, 0) is 55.2 Å². The lowest BCUT2D eigenvalue weighted by atomic mass is 10.0. The number of pyridine rings is 1. The van der Waals surface area contributed by atoms with Crippen molar-refractivity contribution in [3.63, 3.8) is 0 Å². The molecule has 1 amide bonds. The van der Waals surface area contributed by atoms with E-state index in [9.17, 15) is 4.79 Å². The van der Waals surface area contributed by atoms with Crippen molar-refractivity contribution >= 4 is 16.9 Å². The van der Waals surface area contributed by atoms with E-state index in [1.54, 1.807) is 24.5 Å². The van der Waals surface area contributed by atoms with Gasteiger partial charge in [-0.3, -0.25) is 9.78 Å². The van der Waals surface area contributed by atoms with Crippen LogP contribution < -0.4 is 10.1 Å². The van der Waals surface area contributed by atoms with E-state index in [0.29, 0.717) is 18.1 Å². The topological polar surface area (TPSA) is 69.0 Å². The zero-order valence-corrected chi connectivity index (χ0v) is 19.4. The van der Waals surface area contributed by atoms with Gasteiger partial charge in [-0.15, -0.1) is 0 Å². The van der Waals surface area contributed by atoms with Gasteiger partial charge < -0.3 is 14.6 Å². The largest absolute Gasteiger partial charge is 0.493 e. The summed E-state index contributed by atoms with van der Waals surface area (Å²) in [5.74, 6) is 2.05. The minimum atomic E-state index is -0.249. The molecule has 4 rings (SSSR count). The monoisotopic (exact) mass is 442 g/mol. The van der Waals surface area contributed by atoms with Crippen LogP contribution in [0.25, 0.3) is 11.0 Å². The number of benzene rings is 2. The molecular weight excluding hydrogens is 412 g/mol. The van der Waals surface area contributed by atoms with Crippen molar-refractivity contribution < 1.29 is 9.53 Å². The second-order valence-electron chi connectivity index (χ2n) is 8.44. The van der Waals surface area contributed by atoms with Crippen LogP contribution in [0.5, 0.6) is 5.75 Å². The van der Waals surface area contributed by atoms with Crippen molar-refractivity contribution in [1.82, 2.24) is 19.9 Å². The predicted octanol–water partition coefficient (Wildman–Crippen LogP) is 5.51. The Balaban J connectivity index is 1.48. The molecule has 0 aliphatic heterocycles. The number of nitrogens with one attached hydrogen (secondary N) is 1. The lowest BCUT2D eigenvalue weighted by Crippen LogP contribution is -2.28. The smallest absolute Gasteiger partial charge is 0.251 e. The zero-order chi connectivity index (χ0) is 23.2. The molecule has 0 spiro atoms. The summed E-state index contributed by atoms with van der Waals surface area (Å²) in [6.45, 7) is 7.66. The van der Waals surface area contributed by atoms with Gasteiger partial charge in [0.15, 0.2) is 0 Å². The van der Waals surface area contributed by atoms with Crippen LogP contribution in [-0.2, 0) is 6.54 Å². The van der Waals surface area contributed by atoms with Gasteiger partial charge in [0, 0.05) is 24.5 Å². The average Bonchev–Trinajstić information content (AvgIpc) is 3.21. The maximum absolute atomic E-state index is 12.7. The van der Waals surface area contributed by atoms with Gasteiger partial charge in [-0.1, -0.05) is 44.2 Å². The highest BCUT2D eigenvalue weighted by molar-refractivity contribution is 5.94. The van der Waals surface area contributed by atoms with Gasteiger partial charge in [0.05, 0.1) is 23.7 Å². The molecule has 2 heterocycles. The molecule has 2 aromatic heterocycles. The number of hydrogen-bond donors (Lipinski definition) is 1. The minimum absolute atomic E-state index is 0.142. The van der Waals surface area contributed by atoms with E-state index in [1.807, 2.05) is 43.3 Å². The van der Waals surface area contributed by atoms with Gasteiger partial charge in [-0.25, -0.2) is 4.98 Å². The summed E-state index contributed by atoms with van der Waals surface area (Å²) in [5.41, 5.74) is 3.78. The molecule has 0 saturated heterocycles. The molecular formula is C27H30N4O2. The van der Waals surface area contributed by atoms with E-state index in [2.05, 4.69) is 40.8 Å². The van der Waals surface area contributed by atoms with Crippen molar-refractivity contribution in [2.75, 3.05) is 6.61 Å². The fraction of sp³-hybridized carbons (Fsp3) is 0.296. The molecule has 0 radical (unpaired) electrons. The molecule has 0 fully saturated rings. The number of imidazole rings is 1. The number of carbonyl (C=O) groups excluding carboxylic acids is 1. The zero-order valence-electron chi connectivity index (χ0n) is 19.4. The molecule has 6 nitrogen and oxygen atoms in total. The molecule has 33 heavy (non-hydrogen) atoms. The number of aryl methyl sites for hydroxylation is 1. The summed E-state index contributed by atoms with van der Waals surface area (Å²) in [4.78, 5) is 21.5. The van der Waals surface area contributed by atoms with E-state index < -0.39 is 0 Å². The summed E-state index contributed by atoms with van der Waals surface area (Å²) in [7, 11) is 0. The minimum Gasteiger partial charge on any atom is -0.493 e. The molecule has 0 saturated carbocycles. The molecule has 2 aromatic carbocycles. The number of rotatable bonds is 9. The quantitative estimate of drug-likeness (QED) is 0.347. The first kappa shape index (κ1) is 22.5. The fourth-order valence-electron chi connectivity index (χ4n) is 4.00. The number of nitrogens with zero attached hydrogens (tertiary/aromatic N) is 3. The van der Waals surface area contributed by atoms with Crippen molar-refractivity contribution in [3.05, 3.63) is 90.0 Å². The first-order chi connectivity index (χ1) is 16.0. The van der Waals surface area contributed by atoms with Gasteiger partial charge in [0.1, 0.15) is 11.6 Å². The molecule has 4 aromatic rings. The summed E-state index contributed by atoms with van der Waals surface area (Å²) in [6.07, 6.45) is 4.06. The Morgan fingerprint density at radius 3 is 2.52 bits per heavy atom. The Morgan fingerprint density at radius 2 is 1.73 bits per heavy atom. The second kappa shape index (κ2) is 10.3. The molecule has 0 bridgehead atoms. The van der Waals surface area contributed by atoms with E-state index in [0.717, 1.165) is 35.6 Å². The molecule has 0 aliphatic rings. The van der Waals surface area contributed by atoms with Crippen molar-refractivity contribution in [1.29, 1.82) is 0 Å². The molecule has 1 N–H and O–H groups in total. The van der Waals surface area contributed by atoms with Gasteiger partial charge in [0.2, 0.25) is 0 Å². The highest BCUT2D eigenvalue weighted by atomic mass is 16.5. The molecule has 170 valence electrons. The van der Waals surface area contributed by atoms with E-state index >= 15 is 0 Å². The average molecular weight is 443 g/mol. The highest BCUT2D eigenvalue weighted by Crippen LogP contribution is 2.26. The van der Waals surface area contributed by atoms with Crippen molar-refractivity contribution in [3.8, 4) is 5.75 Å². The number of hydrogen-bond acceptors (Lipinski definition) is 4. The van der Waals surface area contributed by atoms with Gasteiger partial charge in [-0.2, -0.15) is 0 Å². The van der Waals surface area contributed by atoms with Crippen molar-refractivity contribution in [2.45, 2.75) is 45.7 Å². The summed E-state index contributed by atoms with van der Waals surface area (Å²) < 4.78 is 8.31. The Bertz CT molecular complexity index is 1220. The summed E-state index contributed by atoms with van der Waals surface area (Å²) >= 11 is 0. The number of ether oxygens (including phenoxy) is 1. The van der Waals surface area contributed by atoms with Gasteiger partial charge >= 0.3 is 0 Å².